The minimum absolute atomic E-state index is 0.202. The molecule has 0 aliphatic rings. The number of aliphatic hydroxyl groups is 1. The fourth-order valence-electron chi connectivity index (χ4n) is 3.53. The normalized spacial score (nSPS) is 12.2. The van der Waals surface area contributed by atoms with Crippen LogP contribution in [-0.2, 0) is 13.1 Å². The Kier molecular flexibility index (Phi) is 5.49. The maximum Gasteiger partial charge on any atom is 0.356 e. The molecule has 5 nitrogen and oxygen atoms in total. The van der Waals surface area contributed by atoms with Crippen LogP contribution in [0, 0.1) is 6.92 Å². The van der Waals surface area contributed by atoms with Gasteiger partial charge in [0.1, 0.15) is 36.0 Å². The van der Waals surface area contributed by atoms with E-state index >= 15 is 0 Å². The van der Waals surface area contributed by atoms with Crippen LogP contribution in [0.3, 0.4) is 0 Å². The Balaban J connectivity index is 1.55. The molecule has 0 saturated heterocycles. The van der Waals surface area contributed by atoms with E-state index in [4.69, 9.17) is 10.5 Å². The molecule has 1 atom stereocenters. The SMILES string of the molecule is Cc1ccc(OC[C@H](O)Cn2c(N)[n+](Cc3ccccc3)c3ccccc32)cc1. The van der Waals surface area contributed by atoms with Crippen LogP contribution in [0.2, 0.25) is 0 Å². The van der Waals surface area contributed by atoms with E-state index in [1.807, 2.05) is 72.2 Å². The Bertz CT molecular complexity index is 1090. The molecule has 5 heteroatoms. The van der Waals surface area contributed by atoms with Crippen LogP contribution in [0.25, 0.3) is 11.0 Å². The summed E-state index contributed by atoms with van der Waals surface area (Å²) in [6, 6.07) is 26.1. The lowest BCUT2D eigenvalue weighted by Gasteiger charge is -2.12. The maximum atomic E-state index is 10.6. The highest BCUT2D eigenvalue weighted by Gasteiger charge is 2.23. The quantitative estimate of drug-likeness (QED) is 0.478. The van der Waals surface area contributed by atoms with Crippen LogP contribution in [-0.4, -0.2) is 22.4 Å². The van der Waals surface area contributed by atoms with Gasteiger partial charge in [0, 0.05) is 0 Å². The van der Waals surface area contributed by atoms with Crippen LogP contribution in [0.1, 0.15) is 11.1 Å². The van der Waals surface area contributed by atoms with Crippen LogP contribution in [0.15, 0.2) is 78.9 Å². The Hall–Kier alpha value is -3.31. The summed E-state index contributed by atoms with van der Waals surface area (Å²) in [5, 5.41) is 10.6. The summed E-state index contributed by atoms with van der Waals surface area (Å²) in [6.45, 7) is 3.27. The second kappa shape index (κ2) is 8.37. The number of aryl methyl sites for hydroxylation is 1. The molecule has 1 aromatic heterocycles. The number of para-hydroxylation sites is 2. The number of hydrogen-bond donors (Lipinski definition) is 2. The number of fused-ring (bicyclic) bond motifs is 1. The number of nitrogens with zero attached hydrogens (tertiary/aromatic N) is 2. The number of hydrogen-bond acceptors (Lipinski definition) is 3. The molecule has 0 radical (unpaired) electrons. The van der Waals surface area contributed by atoms with Crippen molar-refractivity contribution in [2.24, 2.45) is 0 Å². The zero-order valence-corrected chi connectivity index (χ0v) is 16.5. The zero-order valence-electron chi connectivity index (χ0n) is 16.5. The van der Waals surface area contributed by atoms with E-state index in [1.54, 1.807) is 0 Å². The molecule has 1 heterocycles. The van der Waals surface area contributed by atoms with Crippen molar-refractivity contribution in [2.45, 2.75) is 26.1 Å². The number of aliphatic hydroxyl groups excluding tert-OH is 1. The van der Waals surface area contributed by atoms with Crippen LogP contribution in [0.4, 0.5) is 5.95 Å². The summed E-state index contributed by atoms with van der Waals surface area (Å²) in [5.74, 6) is 1.36. The summed E-state index contributed by atoms with van der Waals surface area (Å²) in [4.78, 5) is 0. The largest absolute Gasteiger partial charge is 0.491 e. The predicted octanol–water partition coefficient (Wildman–Crippen LogP) is 3.31. The molecule has 0 bridgehead atoms. The van der Waals surface area contributed by atoms with Gasteiger partial charge < -0.3 is 9.84 Å². The molecule has 3 aromatic carbocycles. The summed E-state index contributed by atoms with van der Waals surface area (Å²) < 4.78 is 9.78. The third-order valence-corrected chi connectivity index (χ3v) is 5.06. The molecular formula is C24H26N3O2+. The maximum absolute atomic E-state index is 10.6. The van der Waals surface area contributed by atoms with E-state index in [0.717, 1.165) is 16.8 Å². The second-order valence-electron chi connectivity index (χ2n) is 7.31. The predicted molar refractivity (Wildman–Crippen MR) is 115 cm³/mol. The van der Waals surface area contributed by atoms with Gasteiger partial charge in [-0.2, -0.15) is 0 Å². The molecule has 0 aliphatic carbocycles. The van der Waals surface area contributed by atoms with Crippen molar-refractivity contribution in [2.75, 3.05) is 12.3 Å². The number of anilines is 1. The van der Waals surface area contributed by atoms with Gasteiger partial charge in [0.2, 0.25) is 0 Å². The molecule has 4 rings (SSSR count). The summed E-state index contributed by atoms with van der Waals surface area (Å²) >= 11 is 0. The first-order chi connectivity index (χ1) is 14.1. The number of imidazole rings is 1. The summed E-state index contributed by atoms with van der Waals surface area (Å²) in [6.07, 6.45) is -0.681. The van der Waals surface area contributed by atoms with Crippen molar-refractivity contribution in [3.8, 4) is 5.75 Å². The molecule has 0 unspecified atom stereocenters. The number of rotatable bonds is 7. The van der Waals surface area contributed by atoms with E-state index < -0.39 is 6.10 Å². The van der Waals surface area contributed by atoms with E-state index in [-0.39, 0.29) is 6.61 Å². The zero-order chi connectivity index (χ0) is 20.2. The molecule has 148 valence electrons. The average Bonchev–Trinajstić information content (AvgIpc) is 3.00. The lowest BCUT2D eigenvalue weighted by atomic mass is 10.2. The van der Waals surface area contributed by atoms with Gasteiger partial charge in [-0.25, -0.2) is 9.13 Å². The third-order valence-electron chi connectivity index (χ3n) is 5.06. The van der Waals surface area contributed by atoms with Gasteiger partial charge in [-0.15, -0.1) is 0 Å². The van der Waals surface area contributed by atoms with E-state index in [9.17, 15) is 5.11 Å². The van der Waals surface area contributed by atoms with Crippen LogP contribution >= 0.6 is 0 Å². The van der Waals surface area contributed by atoms with E-state index in [1.165, 1.54) is 11.1 Å². The Morgan fingerprint density at radius 2 is 1.66 bits per heavy atom. The molecule has 3 N–H and O–H groups in total. The molecule has 0 amide bonds. The number of benzene rings is 3. The highest BCUT2D eigenvalue weighted by Crippen LogP contribution is 2.18. The highest BCUT2D eigenvalue weighted by molar-refractivity contribution is 5.74. The fraction of sp³-hybridized carbons (Fsp3) is 0.208. The van der Waals surface area contributed by atoms with Gasteiger partial charge in [0.15, 0.2) is 0 Å². The van der Waals surface area contributed by atoms with Gasteiger partial charge in [-0.1, -0.05) is 60.2 Å². The Labute approximate surface area is 170 Å². The lowest BCUT2D eigenvalue weighted by molar-refractivity contribution is -0.648. The molecule has 0 fully saturated rings. The average molecular weight is 388 g/mol. The molecule has 0 saturated carbocycles. The fourth-order valence-corrected chi connectivity index (χ4v) is 3.53. The first kappa shape index (κ1) is 19.0. The molecular weight excluding hydrogens is 362 g/mol. The van der Waals surface area contributed by atoms with E-state index in [2.05, 4.69) is 22.8 Å². The second-order valence-corrected chi connectivity index (χ2v) is 7.31. The standard InChI is InChI=1S/C24H25N3O2/c1-18-11-13-21(14-12-18)29-17-20(28)16-27-23-10-6-5-9-22(23)26(24(27)25)15-19-7-3-2-4-8-19/h2-14,20,25,28H,15-17H2,1H3/p+1/t20-/m1/s1. The monoisotopic (exact) mass is 388 g/mol. The van der Waals surface area contributed by atoms with Gasteiger partial charge in [0.25, 0.3) is 0 Å². The van der Waals surface area contributed by atoms with Crippen molar-refractivity contribution < 1.29 is 14.4 Å². The van der Waals surface area contributed by atoms with Crippen LogP contribution < -0.4 is 15.0 Å². The van der Waals surface area contributed by atoms with Crippen molar-refractivity contribution in [3.63, 3.8) is 0 Å². The topological polar surface area (TPSA) is 64.3 Å². The van der Waals surface area contributed by atoms with Gasteiger partial charge >= 0.3 is 5.95 Å². The van der Waals surface area contributed by atoms with Crippen molar-refractivity contribution in [1.29, 1.82) is 0 Å². The summed E-state index contributed by atoms with van der Waals surface area (Å²) in [7, 11) is 0. The Morgan fingerprint density at radius 3 is 2.41 bits per heavy atom. The number of nitrogen functional groups attached to an aromatic ring is 1. The smallest absolute Gasteiger partial charge is 0.356 e. The van der Waals surface area contributed by atoms with E-state index in [0.29, 0.717) is 19.0 Å². The minimum Gasteiger partial charge on any atom is -0.491 e. The third kappa shape index (κ3) is 4.25. The van der Waals surface area contributed by atoms with Crippen molar-refractivity contribution in [3.05, 3.63) is 90.0 Å². The molecule has 29 heavy (non-hydrogen) atoms. The van der Waals surface area contributed by atoms with Crippen molar-refractivity contribution in [1.82, 2.24) is 4.57 Å². The molecule has 4 aromatic rings. The number of ether oxygens (including phenoxy) is 1. The lowest BCUT2D eigenvalue weighted by Crippen LogP contribution is -2.37. The Morgan fingerprint density at radius 1 is 0.966 bits per heavy atom. The van der Waals surface area contributed by atoms with Crippen LogP contribution in [0.5, 0.6) is 5.75 Å². The first-order valence-electron chi connectivity index (χ1n) is 9.80. The molecule has 0 aliphatic heterocycles. The first-order valence-corrected chi connectivity index (χ1v) is 9.80. The highest BCUT2D eigenvalue weighted by atomic mass is 16.5. The van der Waals surface area contributed by atoms with Gasteiger partial charge in [-0.3, -0.25) is 5.73 Å². The number of aromatic nitrogens is 2. The molecule has 0 spiro atoms. The minimum atomic E-state index is -0.681. The van der Waals surface area contributed by atoms with Gasteiger partial charge in [-0.05, 0) is 36.8 Å². The summed E-state index contributed by atoms with van der Waals surface area (Å²) in [5.41, 5.74) is 10.9. The van der Waals surface area contributed by atoms with Gasteiger partial charge in [0.05, 0.1) is 6.54 Å². The van der Waals surface area contributed by atoms with Crippen molar-refractivity contribution >= 4 is 17.0 Å². The number of nitrogens with two attached hydrogens (primary N) is 1.